The second-order valence-electron chi connectivity index (χ2n) is 5.41. The molecule has 1 atom stereocenters. The first-order valence-corrected chi connectivity index (χ1v) is 6.68. The molecule has 2 heterocycles. The number of hydrogen-bond acceptors (Lipinski definition) is 4. The molecule has 1 aliphatic heterocycles. The summed E-state index contributed by atoms with van der Waals surface area (Å²) in [5.41, 5.74) is 0.379. The minimum Gasteiger partial charge on any atom is -0.361 e. The second-order valence-corrected chi connectivity index (χ2v) is 5.41. The van der Waals surface area contributed by atoms with Gasteiger partial charge in [0.25, 0.3) is 5.91 Å². The lowest BCUT2D eigenvalue weighted by atomic mass is 10.1. The molecule has 18 heavy (non-hydrogen) atoms. The summed E-state index contributed by atoms with van der Waals surface area (Å²) in [5.74, 6) is 1.13. The van der Waals surface area contributed by atoms with E-state index in [0.717, 1.165) is 19.1 Å². The Bertz CT molecular complexity index is 439. The van der Waals surface area contributed by atoms with Crippen LogP contribution in [0.5, 0.6) is 0 Å². The number of aromatic nitrogens is 1. The molecule has 0 aromatic carbocycles. The molecule has 1 aliphatic carbocycles. The molecule has 2 aliphatic rings. The molecule has 0 spiro atoms. The predicted octanol–water partition coefficient (Wildman–Crippen LogP) is 1.20. The van der Waals surface area contributed by atoms with Gasteiger partial charge in [0.2, 0.25) is 0 Å². The zero-order valence-corrected chi connectivity index (χ0v) is 10.7. The number of nitrogens with zero attached hydrogens (tertiary/aromatic N) is 2. The van der Waals surface area contributed by atoms with Crippen LogP contribution in [0.4, 0.5) is 0 Å². The Morgan fingerprint density at radius 2 is 2.39 bits per heavy atom. The lowest BCUT2D eigenvalue weighted by Crippen LogP contribution is -2.31. The first kappa shape index (κ1) is 11.7. The van der Waals surface area contributed by atoms with E-state index in [9.17, 15) is 4.79 Å². The largest absolute Gasteiger partial charge is 0.361 e. The molecule has 5 nitrogen and oxygen atoms in total. The van der Waals surface area contributed by atoms with E-state index in [1.807, 2.05) is 0 Å². The molecule has 1 saturated heterocycles. The van der Waals surface area contributed by atoms with E-state index in [1.165, 1.54) is 25.8 Å². The SMILES string of the molecule is Cc1cc(C(=O)NC[C@@H]2CCN(C3CC3)C2)no1. The highest BCUT2D eigenvalue weighted by atomic mass is 16.5. The van der Waals surface area contributed by atoms with Crippen LogP contribution < -0.4 is 5.32 Å². The molecular formula is C13H19N3O2. The van der Waals surface area contributed by atoms with Gasteiger partial charge in [-0.2, -0.15) is 0 Å². The average Bonchev–Trinajstić information content (AvgIpc) is 2.95. The molecule has 2 fully saturated rings. The number of likely N-dealkylation sites (tertiary alicyclic amines) is 1. The number of aryl methyl sites for hydroxylation is 1. The topological polar surface area (TPSA) is 58.4 Å². The van der Waals surface area contributed by atoms with Crippen LogP contribution in [-0.2, 0) is 0 Å². The maximum Gasteiger partial charge on any atom is 0.273 e. The Labute approximate surface area is 107 Å². The summed E-state index contributed by atoms with van der Waals surface area (Å²) in [6.45, 7) is 4.85. The summed E-state index contributed by atoms with van der Waals surface area (Å²) in [5, 5.41) is 6.66. The molecule has 0 radical (unpaired) electrons. The number of nitrogens with one attached hydrogen (secondary N) is 1. The zero-order valence-electron chi connectivity index (χ0n) is 10.7. The fraction of sp³-hybridized carbons (Fsp3) is 0.692. The van der Waals surface area contributed by atoms with E-state index in [-0.39, 0.29) is 5.91 Å². The van der Waals surface area contributed by atoms with Gasteiger partial charge in [-0.05, 0) is 38.6 Å². The van der Waals surface area contributed by atoms with Crippen LogP contribution in [0.3, 0.4) is 0 Å². The van der Waals surface area contributed by atoms with Crippen LogP contribution in [0, 0.1) is 12.8 Å². The third-order valence-electron chi connectivity index (χ3n) is 3.79. The van der Waals surface area contributed by atoms with Crippen molar-refractivity contribution in [2.45, 2.75) is 32.2 Å². The van der Waals surface area contributed by atoms with Crippen molar-refractivity contribution in [1.29, 1.82) is 0 Å². The summed E-state index contributed by atoms with van der Waals surface area (Å²) in [6.07, 6.45) is 3.91. The Hall–Kier alpha value is -1.36. The van der Waals surface area contributed by atoms with Gasteiger partial charge in [-0.1, -0.05) is 5.16 Å². The van der Waals surface area contributed by atoms with Crippen LogP contribution in [0.1, 0.15) is 35.5 Å². The molecule has 0 unspecified atom stereocenters. The highest BCUT2D eigenvalue weighted by Gasteiger charge is 2.34. The van der Waals surface area contributed by atoms with Crippen molar-refractivity contribution in [3.05, 3.63) is 17.5 Å². The van der Waals surface area contributed by atoms with Crippen LogP contribution >= 0.6 is 0 Å². The zero-order chi connectivity index (χ0) is 12.5. The molecule has 1 amide bonds. The fourth-order valence-electron chi connectivity index (χ4n) is 2.60. The van der Waals surface area contributed by atoms with E-state index in [0.29, 0.717) is 17.4 Å². The van der Waals surface area contributed by atoms with Crippen molar-refractivity contribution in [2.75, 3.05) is 19.6 Å². The molecule has 98 valence electrons. The van der Waals surface area contributed by atoms with E-state index in [2.05, 4.69) is 15.4 Å². The summed E-state index contributed by atoms with van der Waals surface area (Å²) in [4.78, 5) is 14.3. The smallest absolute Gasteiger partial charge is 0.273 e. The molecular weight excluding hydrogens is 230 g/mol. The maximum absolute atomic E-state index is 11.8. The third-order valence-corrected chi connectivity index (χ3v) is 3.79. The van der Waals surface area contributed by atoms with Gasteiger partial charge in [0.15, 0.2) is 5.69 Å². The van der Waals surface area contributed by atoms with Crippen molar-refractivity contribution in [1.82, 2.24) is 15.4 Å². The van der Waals surface area contributed by atoms with Crippen molar-refractivity contribution in [3.63, 3.8) is 0 Å². The highest BCUT2D eigenvalue weighted by Crippen LogP contribution is 2.31. The van der Waals surface area contributed by atoms with Gasteiger partial charge in [-0.25, -0.2) is 0 Å². The van der Waals surface area contributed by atoms with Crippen molar-refractivity contribution < 1.29 is 9.32 Å². The minimum absolute atomic E-state index is 0.128. The van der Waals surface area contributed by atoms with E-state index >= 15 is 0 Å². The van der Waals surface area contributed by atoms with Crippen molar-refractivity contribution in [2.24, 2.45) is 5.92 Å². The fourth-order valence-corrected chi connectivity index (χ4v) is 2.60. The highest BCUT2D eigenvalue weighted by molar-refractivity contribution is 5.92. The van der Waals surface area contributed by atoms with Gasteiger partial charge in [0.05, 0.1) is 0 Å². The second kappa shape index (κ2) is 4.72. The van der Waals surface area contributed by atoms with E-state index in [4.69, 9.17) is 4.52 Å². The molecule has 5 heteroatoms. The van der Waals surface area contributed by atoms with Gasteiger partial charge in [0.1, 0.15) is 5.76 Å². The Morgan fingerprint density at radius 3 is 3.06 bits per heavy atom. The van der Waals surface area contributed by atoms with Gasteiger partial charge < -0.3 is 14.7 Å². The lowest BCUT2D eigenvalue weighted by Gasteiger charge is -2.14. The summed E-state index contributed by atoms with van der Waals surface area (Å²) in [7, 11) is 0. The van der Waals surface area contributed by atoms with Crippen LogP contribution in [0.15, 0.2) is 10.6 Å². The number of hydrogen-bond donors (Lipinski definition) is 1. The average molecular weight is 249 g/mol. The summed E-state index contributed by atoms with van der Waals surface area (Å²) < 4.78 is 4.90. The molecule has 1 aromatic rings. The predicted molar refractivity (Wildman–Crippen MR) is 66.3 cm³/mol. The van der Waals surface area contributed by atoms with Crippen molar-refractivity contribution >= 4 is 5.91 Å². The Kier molecular flexibility index (Phi) is 3.07. The van der Waals surface area contributed by atoms with Crippen LogP contribution in [0.2, 0.25) is 0 Å². The van der Waals surface area contributed by atoms with Gasteiger partial charge >= 0.3 is 0 Å². The maximum atomic E-state index is 11.8. The Morgan fingerprint density at radius 1 is 1.56 bits per heavy atom. The van der Waals surface area contributed by atoms with Gasteiger partial charge in [-0.15, -0.1) is 0 Å². The third kappa shape index (κ3) is 2.56. The number of carbonyl (C=O) groups is 1. The number of carbonyl (C=O) groups excluding carboxylic acids is 1. The van der Waals surface area contributed by atoms with Gasteiger partial charge in [0, 0.05) is 25.2 Å². The minimum atomic E-state index is -0.128. The standard InChI is InChI=1S/C13H19N3O2/c1-9-6-12(15-18-9)13(17)14-7-10-4-5-16(8-10)11-2-3-11/h6,10-11H,2-5,7-8H2,1H3,(H,14,17)/t10-/m0/s1. The Balaban J connectivity index is 1.45. The molecule has 3 rings (SSSR count). The number of amides is 1. The van der Waals surface area contributed by atoms with Gasteiger partial charge in [-0.3, -0.25) is 4.79 Å². The lowest BCUT2D eigenvalue weighted by molar-refractivity contribution is 0.0938. The molecule has 1 aromatic heterocycles. The first-order valence-electron chi connectivity index (χ1n) is 6.68. The summed E-state index contributed by atoms with van der Waals surface area (Å²) >= 11 is 0. The molecule has 1 N–H and O–H groups in total. The summed E-state index contributed by atoms with van der Waals surface area (Å²) in [6, 6.07) is 2.50. The molecule has 0 bridgehead atoms. The van der Waals surface area contributed by atoms with E-state index in [1.54, 1.807) is 13.0 Å². The first-order chi connectivity index (χ1) is 8.72. The normalized spacial score (nSPS) is 24.4. The van der Waals surface area contributed by atoms with Crippen LogP contribution in [0.25, 0.3) is 0 Å². The van der Waals surface area contributed by atoms with E-state index < -0.39 is 0 Å². The quantitative estimate of drug-likeness (QED) is 0.871. The number of rotatable bonds is 4. The molecule has 1 saturated carbocycles. The van der Waals surface area contributed by atoms with Crippen LogP contribution in [-0.4, -0.2) is 41.6 Å². The van der Waals surface area contributed by atoms with Crippen molar-refractivity contribution in [3.8, 4) is 0 Å². The monoisotopic (exact) mass is 249 g/mol.